The normalized spacial score (nSPS) is 19.7. The molecule has 0 unspecified atom stereocenters. The number of pyridine rings is 1. The summed E-state index contributed by atoms with van der Waals surface area (Å²) in [7, 11) is 0. The first-order chi connectivity index (χ1) is 20.6. The number of amides is 2. The maximum absolute atomic E-state index is 13.1. The second-order valence-corrected chi connectivity index (χ2v) is 12.2. The summed E-state index contributed by atoms with van der Waals surface area (Å²) in [5.41, 5.74) is 7.39. The first-order valence-corrected chi connectivity index (χ1v) is 15.2. The lowest BCUT2D eigenvalue weighted by molar-refractivity contribution is 0.0283. The molecule has 3 heterocycles. The van der Waals surface area contributed by atoms with E-state index in [-0.39, 0.29) is 24.7 Å². The summed E-state index contributed by atoms with van der Waals surface area (Å²) in [6.07, 6.45) is 8.12. The molecule has 2 amide bonds. The zero-order chi connectivity index (χ0) is 30.4. The van der Waals surface area contributed by atoms with Crippen LogP contribution in [0.3, 0.4) is 0 Å². The first kappa shape index (κ1) is 30.8. The molecule has 4 N–H and O–H groups in total. The van der Waals surface area contributed by atoms with Crippen molar-refractivity contribution in [3.05, 3.63) is 59.4 Å². The molecule has 1 aliphatic carbocycles. The Hall–Kier alpha value is -3.67. The molecule has 0 spiro atoms. The quantitative estimate of drug-likeness (QED) is 0.291. The van der Waals surface area contributed by atoms with Crippen LogP contribution in [0.5, 0.6) is 11.5 Å². The minimum absolute atomic E-state index is 0.0128. The molecule has 2 aromatic heterocycles. The van der Waals surface area contributed by atoms with Gasteiger partial charge in [0.15, 0.2) is 0 Å². The number of primary amides is 1. The number of hydrogen-bond donors (Lipinski definition) is 3. The van der Waals surface area contributed by atoms with Gasteiger partial charge in [-0.15, -0.1) is 0 Å². The van der Waals surface area contributed by atoms with Crippen LogP contribution in [0.1, 0.15) is 72.2 Å². The van der Waals surface area contributed by atoms with E-state index in [2.05, 4.69) is 15.3 Å². The van der Waals surface area contributed by atoms with Crippen LogP contribution in [0.2, 0.25) is 0 Å². The molecule has 2 fully saturated rings. The van der Waals surface area contributed by atoms with Crippen LogP contribution in [0.25, 0.3) is 5.52 Å². The lowest BCUT2D eigenvalue weighted by atomic mass is 9.92. The number of benzene rings is 1. The topological polar surface area (TPSA) is 141 Å². The van der Waals surface area contributed by atoms with Crippen LogP contribution in [-0.2, 0) is 11.2 Å². The Morgan fingerprint density at radius 2 is 1.88 bits per heavy atom. The van der Waals surface area contributed by atoms with E-state index in [9.17, 15) is 14.7 Å². The summed E-state index contributed by atoms with van der Waals surface area (Å²) in [6.45, 7) is 8.03. The first-order valence-electron chi connectivity index (χ1n) is 15.2. The standard InChI is InChI=1S/C32H43N5O6/c1-32(2,40)21-42-25-10-12-28-27(19-34-37(28)20-25)31(39)35-23-6-8-24(9-7-23)43-29-18-22(5-11-26(29)30(33)38)4-3-13-36-14-16-41-17-15-36/h5,10-12,18-20,23-24,40H,3-4,6-9,13-17,21H2,1-2H3,(H2,33,38)(H,35,39). The molecule has 5 rings (SSSR count). The van der Waals surface area contributed by atoms with Crippen molar-refractivity contribution in [2.24, 2.45) is 5.73 Å². The fourth-order valence-electron chi connectivity index (χ4n) is 5.61. The Morgan fingerprint density at radius 1 is 1.12 bits per heavy atom. The maximum Gasteiger partial charge on any atom is 0.255 e. The third-order valence-corrected chi connectivity index (χ3v) is 7.98. The van der Waals surface area contributed by atoms with Gasteiger partial charge in [-0.25, -0.2) is 4.52 Å². The molecule has 2 aliphatic rings. The van der Waals surface area contributed by atoms with Crippen molar-refractivity contribution in [1.29, 1.82) is 0 Å². The summed E-state index contributed by atoms with van der Waals surface area (Å²) in [5.74, 6) is 0.424. The molecular formula is C32H43N5O6. The smallest absolute Gasteiger partial charge is 0.255 e. The molecule has 1 aliphatic heterocycles. The number of nitrogens with one attached hydrogen (secondary N) is 1. The Labute approximate surface area is 252 Å². The highest BCUT2D eigenvalue weighted by Crippen LogP contribution is 2.28. The maximum atomic E-state index is 13.1. The van der Waals surface area contributed by atoms with Crippen molar-refractivity contribution in [2.45, 2.75) is 70.1 Å². The number of nitrogens with zero attached hydrogens (tertiary/aromatic N) is 3. The molecule has 1 saturated heterocycles. The SMILES string of the molecule is CC(C)(O)COc1ccc2c(C(=O)NC3CCC(Oc4cc(CCCN5CCOCC5)ccc4C(N)=O)CC3)cnn2c1. The number of nitrogens with two attached hydrogens (primary N) is 1. The van der Waals surface area contributed by atoms with Crippen LogP contribution >= 0.6 is 0 Å². The van der Waals surface area contributed by atoms with Gasteiger partial charge in [-0.3, -0.25) is 14.5 Å². The molecule has 1 saturated carbocycles. The second kappa shape index (κ2) is 13.7. The van der Waals surface area contributed by atoms with Crippen molar-refractivity contribution in [1.82, 2.24) is 19.8 Å². The fourth-order valence-corrected chi connectivity index (χ4v) is 5.61. The number of fused-ring (bicyclic) bond motifs is 1. The number of rotatable bonds is 12. The fraction of sp³-hybridized carbons (Fsp3) is 0.531. The van der Waals surface area contributed by atoms with Crippen molar-refractivity contribution in [3.63, 3.8) is 0 Å². The second-order valence-electron chi connectivity index (χ2n) is 12.2. The van der Waals surface area contributed by atoms with Crippen molar-refractivity contribution < 1.29 is 28.9 Å². The van der Waals surface area contributed by atoms with E-state index < -0.39 is 11.5 Å². The van der Waals surface area contributed by atoms with Gasteiger partial charge < -0.3 is 30.4 Å². The predicted octanol–water partition coefficient (Wildman–Crippen LogP) is 2.97. The third kappa shape index (κ3) is 8.46. The zero-order valence-electron chi connectivity index (χ0n) is 25.1. The number of carbonyl (C=O) groups is 2. The largest absolute Gasteiger partial charge is 0.490 e. The summed E-state index contributed by atoms with van der Waals surface area (Å²) in [6, 6.07) is 9.26. The zero-order valence-corrected chi connectivity index (χ0v) is 25.1. The van der Waals surface area contributed by atoms with Crippen LogP contribution in [0.15, 0.2) is 42.7 Å². The van der Waals surface area contributed by atoms with Gasteiger partial charge in [0.05, 0.1) is 54.0 Å². The summed E-state index contributed by atoms with van der Waals surface area (Å²) in [4.78, 5) is 27.7. The highest BCUT2D eigenvalue weighted by Gasteiger charge is 2.26. The van der Waals surface area contributed by atoms with Crippen LogP contribution in [0, 0.1) is 0 Å². The Kier molecular flexibility index (Phi) is 9.84. The number of ether oxygens (including phenoxy) is 3. The molecule has 11 heteroatoms. The van der Waals surface area contributed by atoms with Gasteiger partial charge in [0.2, 0.25) is 0 Å². The van der Waals surface area contributed by atoms with Gasteiger partial charge in [-0.05, 0) is 88.7 Å². The number of aliphatic hydroxyl groups is 1. The van der Waals surface area contributed by atoms with Gasteiger partial charge in [0.1, 0.15) is 18.1 Å². The number of morpholine rings is 1. The molecule has 3 aromatic rings. The molecule has 43 heavy (non-hydrogen) atoms. The summed E-state index contributed by atoms with van der Waals surface area (Å²) in [5, 5.41) is 17.4. The van der Waals surface area contributed by atoms with E-state index in [4.69, 9.17) is 19.9 Å². The van der Waals surface area contributed by atoms with E-state index in [1.165, 1.54) is 0 Å². The van der Waals surface area contributed by atoms with E-state index >= 15 is 0 Å². The van der Waals surface area contributed by atoms with Crippen molar-refractivity contribution in [2.75, 3.05) is 39.5 Å². The Morgan fingerprint density at radius 3 is 2.60 bits per heavy atom. The van der Waals surface area contributed by atoms with E-state index in [1.807, 2.05) is 12.1 Å². The minimum Gasteiger partial charge on any atom is -0.490 e. The Balaban J connectivity index is 1.13. The summed E-state index contributed by atoms with van der Waals surface area (Å²) < 4.78 is 19.0. The minimum atomic E-state index is -0.953. The molecule has 232 valence electrons. The van der Waals surface area contributed by atoms with Crippen molar-refractivity contribution >= 4 is 17.3 Å². The average Bonchev–Trinajstić information content (AvgIpc) is 3.41. The molecule has 0 bridgehead atoms. The van der Waals surface area contributed by atoms with Crippen molar-refractivity contribution in [3.8, 4) is 11.5 Å². The predicted molar refractivity (Wildman–Crippen MR) is 162 cm³/mol. The lowest BCUT2D eigenvalue weighted by Crippen LogP contribution is -2.39. The monoisotopic (exact) mass is 593 g/mol. The molecular weight excluding hydrogens is 550 g/mol. The van der Waals surface area contributed by atoms with Crippen LogP contribution < -0.4 is 20.5 Å². The van der Waals surface area contributed by atoms with E-state index in [0.717, 1.165) is 76.9 Å². The molecule has 1 aromatic carbocycles. The number of aromatic nitrogens is 2. The van der Waals surface area contributed by atoms with Gasteiger partial charge >= 0.3 is 0 Å². The number of hydrogen-bond acceptors (Lipinski definition) is 8. The molecule has 11 nitrogen and oxygen atoms in total. The van der Waals surface area contributed by atoms with Crippen LogP contribution in [-0.4, -0.2) is 88.6 Å². The van der Waals surface area contributed by atoms with Crippen LogP contribution in [0.4, 0.5) is 0 Å². The molecule has 0 atom stereocenters. The summed E-state index contributed by atoms with van der Waals surface area (Å²) >= 11 is 0. The Bertz CT molecular complexity index is 1400. The highest BCUT2D eigenvalue weighted by molar-refractivity contribution is 6.00. The average molecular weight is 594 g/mol. The van der Waals surface area contributed by atoms with Gasteiger partial charge in [0.25, 0.3) is 11.8 Å². The van der Waals surface area contributed by atoms with Gasteiger partial charge in [-0.2, -0.15) is 5.10 Å². The van der Waals surface area contributed by atoms with E-state index in [1.54, 1.807) is 49.0 Å². The molecule has 0 radical (unpaired) electrons. The van der Waals surface area contributed by atoms with Gasteiger partial charge in [-0.1, -0.05) is 6.07 Å². The number of aryl methyl sites for hydroxylation is 1. The van der Waals surface area contributed by atoms with E-state index in [0.29, 0.717) is 28.1 Å². The third-order valence-electron chi connectivity index (χ3n) is 7.98. The highest BCUT2D eigenvalue weighted by atomic mass is 16.5. The van der Waals surface area contributed by atoms with Gasteiger partial charge in [0, 0.05) is 19.1 Å². The lowest BCUT2D eigenvalue weighted by Gasteiger charge is -2.30. The number of carbonyl (C=O) groups excluding carboxylic acids is 2.